The lowest BCUT2D eigenvalue weighted by atomic mass is 10.0. The van der Waals surface area contributed by atoms with Gasteiger partial charge >= 0.3 is 6.03 Å². The molecule has 1 heterocycles. The van der Waals surface area contributed by atoms with Crippen LogP contribution in [0.2, 0.25) is 0 Å². The molecule has 1 unspecified atom stereocenters. The number of rotatable bonds is 6. The van der Waals surface area contributed by atoms with Crippen LogP contribution in [0.3, 0.4) is 0 Å². The van der Waals surface area contributed by atoms with E-state index < -0.39 is 12.1 Å². The molecule has 1 atom stereocenters. The number of para-hydroxylation sites is 2. The molecule has 0 aliphatic heterocycles. The van der Waals surface area contributed by atoms with Gasteiger partial charge in [0.1, 0.15) is 11.9 Å². The molecule has 156 valence electrons. The number of amides is 3. The number of benzene rings is 3. The molecule has 0 spiro atoms. The third kappa shape index (κ3) is 4.40. The van der Waals surface area contributed by atoms with E-state index in [1.165, 1.54) is 0 Å². The minimum atomic E-state index is -0.588. The summed E-state index contributed by atoms with van der Waals surface area (Å²) >= 11 is 0. The van der Waals surface area contributed by atoms with Crippen LogP contribution in [0, 0.1) is 0 Å². The van der Waals surface area contributed by atoms with Crippen LogP contribution >= 0.6 is 0 Å². The van der Waals surface area contributed by atoms with Gasteiger partial charge in [-0.2, -0.15) is 0 Å². The molecule has 0 radical (unpaired) electrons. The smallest absolute Gasteiger partial charge is 0.312 e. The number of aromatic nitrogens is 2. The van der Waals surface area contributed by atoms with Crippen molar-refractivity contribution in [1.29, 1.82) is 0 Å². The second-order valence-electron chi connectivity index (χ2n) is 7.25. The third-order valence-electron chi connectivity index (χ3n) is 5.17. The van der Waals surface area contributed by atoms with Gasteiger partial charge in [0.15, 0.2) is 0 Å². The van der Waals surface area contributed by atoms with Crippen LogP contribution in [0.15, 0.2) is 78.9 Å². The zero-order valence-corrected chi connectivity index (χ0v) is 17.1. The second-order valence-corrected chi connectivity index (χ2v) is 7.25. The van der Waals surface area contributed by atoms with Crippen molar-refractivity contribution in [1.82, 2.24) is 20.2 Å². The summed E-state index contributed by atoms with van der Waals surface area (Å²) in [4.78, 5) is 28.7. The predicted molar refractivity (Wildman–Crippen MR) is 119 cm³/mol. The van der Waals surface area contributed by atoms with Gasteiger partial charge in [0.25, 0.3) is 5.91 Å². The molecule has 1 aromatic heterocycles. The summed E-state index contributed by atoms with van der Waals surface area (Å²) in [5, 5.41) is 5.66. The van der Waals surface area contributed by atoms with E-state index in [2.05, 4.69) is 10.6 Å². The van der Waals surface area contributed by atoms with E-state index >= 15 is 0 Å². The first-order chi connectivity index (χ1) is 15.0. The minimum Gasteiger partial charge on any atom is -0.352 e. The summed E-state index contributed by atoms with van der Waals surface area (Å²) in [5.41, 5.74) is 9.29. The van der Waals surface area contributed by atoms with E-state index in [0.717, 1.165) is 28.0 Å². The highest BCUT2D eigenvalue weighted by Gasteiger charge is 2.23. The molecule has 0 bridgehead atoms. The SMILES string of the molecule is Cn1c(C(NC(=O)c2ccc(CNC(N)=O)cc2)c2ccccc2)nc2ccccc21. The van der Waals surface area contributed by atoms with Gasteiger partial charge in [-0.15, -0.1) is 0 Å². The number of hydrogen-bond acceptors (Lipinski definition) is 3. The molecule has 31 heavy (non-hydrogen) atoms. The van der Waals surface area contributed by atoms with Crippen LogP contribution in [0.5, 0.6) is 0 Å². The average Bonchev–Trinajstić information content (AvgIpc) is 3.13. The number of nitrogens with zero attached hydrogens (tertiary/aromatic N) is 2. The number of fused-ring (bicyclic) bond motifs is 1. The normalized spacial score (nSPS) is 11.8. The van der Waals surface area contributed by atoms with E-state index in [1.807, 2.05) is 66.2 Å². The highest BCUT2D eigenvalue weighted by atomic mass is 16.2. The van der Waals surface area contributed by atoms with Gasteiger partial charge in [0, 0.05) is 19.2 Å². The fourth-order valence-corrected chi connectivity index (χ4v) is 3.54. The van der Waals surface area contributed by atoms with Crippen molar-refractivity contribution in [3.63, 3.8) is 0 Å². The van der Waals surface area contributed by atoms with Gasteiger partial charge in [0.05, 0.1) is 11.0 Å². The van der Waals surface area contributed by atoms with Crippen molar-refractivity contribution < 1.29 is 9.59 Å². The second kappa shape index (κ2) is 8.71. The monoisotopic (exact) mass is 413 g/mol. The predicted octanol–water partition coefficient (Wildman–Crippen LogP) is 3.26. The van der Waals surface area contributed by atoms with Crippen LogP contribution in [0.4, 0.5) is 4.79 Å². The maximum absolute atomic E-state index is 13.1. The number of carbonyl (C=O) groups is 2. The maximum Gasteiger partial charge on any atom is 0.312 e. The van der Waals surface area contributed by atoms with Gasteiger partial charge in [-0.05, 0) is 35.4 Å². The number of nitrogens with one attached hydrogen (secondary N) is 2. The number of aryl methyl sites for hydroxylation is 1. The Morgan fingerprint density at radius 3 is 2.32 bits per heavy atom. The molecule has 0 fully saturated rings. The first-order valence-electron chi connectivity index (χ1n) is 9.92. The van der Waals surface area contributed by atoms with E-state index in [1.54, 1.807) is 24.3 Å². The van der Waals surface area contributed by atoms with Crippen molar-refractivity contribution in [2.75, 3.05) is 0 Å². The largest absolute Gasteiger partial charge is 0.352 e. The molecule has 7 nitrogen and oxygen atoms in total. The van der Waals surface area contributed by atoms with E-state index in [9.17, 15) is 9.59 Å². The minimum absolute atomic E-state index is 0.213. The maximum atomic E-state index is 13.1. The van der Waals surface area contributed by atoms with Crippen molar-refractivity contribution in [2.24, 2.45) is 12.8 Å². The lowest BCUT2D eigenvalue weighted by Crippen LogP contribution is -2.31. The topological polar surface area (TPSA) is 102 Å². The van der Waals surface area contributed by atoms with Gasteiger partial charge < -0.3 is 20.9 Å². The van der Waals surface area contributed by atoms with Crippen LogP contribution < -0.4 is 16.4 Å². The van der Waals surface area contributed by atoms with Crippen LogP contribution in [-0.4, -0.2) is 21.5 Å². The molecule has 4 rings (SSSR count). The molecule has 3 aromatic carbocycles. The van der Waals surface area contributed by atoms with Crippen LogP contribution in [0.25, 0.3) is 11.0 Å². The van der Waals surface area contributed by atoms with Crippen LogP contribution in [-0.2, 0) is 13.6 Å². The Kier molecular flexibility index (Phi) is 5.66. The zero-order chi connectivity index (χ0) is 21.8. The Bertz CT molecular complexity index is 1220. The summed E-state index contributed by atoms with van der Waals surface area (Å²) in [6, 6.07) is 23.7. The highest BCUT2D eigenvalue weighted by molar-refractivity contribution is 5.94. The Morgan fingerprint density at radius 1 is 0.968 bits per heavy atom. The fraction of sp³-hybridized carbons (Fsp3) is 0.125. The summed E-state index contributed by atoms with van der Waals surface area (Å²) in [6.45, 7) is 0.309. The zero-order valence-electron chi connectivity index (χ0n) is 17.1. The van der Waals surface area contributed by atoms with Gasteiger partial charge in [-0.1, -0.05) is 54.6 Å². The number of primary amides is 1. The van der Waals surface area contributed by atoms with E-state index in [4.69, 9.17) is 10.7 Å². The van der Waals surface area contributed by atoms with Crippen LogP contribution in [0.1, 0.15) is 33.4 Å². The molecular weight excluding hydrogens is 390 g/mol. The molecule has 3 amide bonds. The van der Waals surface area contributed by atoms with Gasteiger partial charge in [0.2, 0.25) is 0 Å². The lowest BCUT2D eigenvalue weighted by Gasteiger charge is -2.19. The van der Waals surface area contributed by atoms with Crippen molar-refractivity contribution in [2.45, 2.75) is 12.6 Å². The highest BCUT2D eigenvalue weighted by Crippen LogP contribution is 2.25. The number of imidazole rings is 1. The number of nitrogens with two attached hydrogens (primary N) is 1. The summed E-state index contributed by atoms with van der Waals surface area (Å²) in [6.07, 6.45) is 0. The first kappa shape index (κ1) is 20.2. The Balaban J connectivity index is 1.63. The Morgan fingerprint density at radius 2 is 1.65 bits per heavy atom. The van der Waals surface area contributed by atoms with E-state index in [-0.39, 0.29) is 5.91 Å². The van der Waals surface area contributed by atoms with Gasteiger partial charge in [-0.3, -0.25) is 4.79 Å². The number of hydrogen-bond donors (Lipinski definition) is 3. The Hall–Kier alpha value is -4.13. The van der Waals surface area contributed by atoms with Crippen molar-refractivity contribution in [3.8, 4) is 0 Å². The first-order valence-corrected chi connectivity index (χ1v) is 9.92. The van der Waals surface area contributed by atoms with E-state index in [0.29, 0.717) is 12.1 Å². The molecule has 4 N–H and O–H groups in total. The summed E-state index contributed by atoms with van der Waals surface area (Å²) in [5.74, 6) is 0.540. The fourth-order valence-electron chi connectivity index (χ4n) is 3.54. The standard InChI is InChI=1S/C24H23N5O2/c1-29-20-10-6-5-9-19(20)27-22(29)21(17-7-3-2-4-8-17)28-23(30)18-13-11-16(12-14-18)15-26-24(25)31/h2-14,21H,15H2,1H3,(H,28,30)(H3,25,26,31). The molecular formula is C24H23N5O2. The molecule has 0 aliphatic rings. The Labute approximate surface area is 179 Å². The molecule has 7 heteroatoms. The van der Waals surface area contributed by atoms with Gasteiger partial charge in [-0.25, -0.2) is 9.78 Å². The molecule has 4 aromatic rings. The third-order valence-corrected chi connectivity index (χ3v) is 5.17. The summed E-state index contributed by atoms with van der Waals surface area (Å²) in [7, 11) is 1.95. The number of urea groups is 1. The lowest BCUT2D eigenvalue weighted by molar-refractivity contribution is 0.0941. The van der Waals surface area contributed by atoms with Crippen molar-refractivity contribution >= 4 is 23.0 Å². The quantitative estimate of drug-likeness (QED) is 0.452. The molecule has 0 saturated heterocycles. The van der Waals surface area contributed by atoms with Crippen molar-refractivity contribution in [3.05, 3.63) is 101 Å². The average molecular weight is 413 g/mol. The number of carbonyl (C=O) groups excluding carboxylic acids is 2. The molecule has 0 saturated carbocycles. The molecule has 0 aliphatic carbocycles. The summed E-state index contributed by atoms with van der Waals surface area (Å²) < 4.78 is 2.01.